The molecule has 1 heterocycles. The minimum absolute atomic E-state index is 0.0499. The number of methoxy groups -OCH3 is 1. The molecular formula is C17H32N4OS. The number of nitrogens with one attached hydrogen (secondary N) is 1. The van der Waals surface area contributed by atoms with Crippen LogP contribution in [0.1, 0.15) is 57.3 Å². The summed E-state index contributed by atoms with van der Waals surface area (Å²) in [5.74, 6) is 0.910. The van der Waals surface area contributed by atoms with E-state index in [9.17, 15) is 0 Å². The molecule has 5 nitrogen and oxygen atoms in total. The molecule has 0 amide bonds. The zero-order chi connectivity index (χ0) is 17.5. The molecule has 0 bridgehead atoms. The van der Waals surface area contributed by atoms with Crippen LogP contribution in [-0.2, 0) is 11.3 Å². The summed E-state index contributed by atoms with van der Waals surface area (Å²) in [7, 11) is 5.57. The van der Waals surface area contributed by atoms with Crippen LogP contribution >= 0.6 is 11.3 Å². The number of aliphatic imine (C=N–C) groups is 1. The maximum Gasteiger partial charge on any atom is 0.193 e. The molecule has 132 valence electrons. The van der Waals surface area contributed by atoms with E-state index in [1.807, 2.05) is 21.0 Å². The molecule has 6 heteroatoms. The fourth-order valence-corrected chi connectivity index (χ4v) is 3.05. The Morgan fingerprint density at radius 1 is 1.48 bits per heavy atom. The van der Waals surface area contributed by atoms with Crippen molar-refractivity contribution in [2.24, 2.45) is 10.4 Å². The first-order valence-corrected chi connectivity index (χ1v) is 9.03. The molecule has 23 heavy (non-hydrogen) atoms. The number of rotatable bonds is 7. The second kappa shape index (κ2) is 9.23. The summed E-state index contributed by atoms with van der Waals surface area (Å²) in [6.07, 6.45) is 2.39. The zero-order valence-electron chi connectivity index (χ0n) is 15.6. The van der Waals surface area contributed by atoms with Crippen molar-refractivity contribution in [2.45, 2.75) is 53.2 Å². The van der Waals surface area contributed by atoms with Crippen molar-refractivity contribution < 1.29 is 4.74 Å². The Morgan fingerprint density at radius 2 is 2.17 bits per heavy atom. The monoisotopic (exact) mass is 340 g/mol. The summed E-state index contributed by atoms with van der Waals surface area (Å²) < 4.78 is 5.31. The number of guanidine groups is 1. The van der Waals surface area contributed by atoms with Crippen molar-refractivity contribution in [3.63, 3.8) is 0 Å². The molecule has 1 aromatic rings. The topological polar surface area (TPSA) is 49.8 Å². The maximum absolute atomic E-state index is 5.31. The van der Waals surface area contributed by atoms with Gasteiger partial charge in [-0.1, -0.05) is 20.8 Å². The lowest BCUT2D eigenvalue weighted by atomic mass is 9.91. The van der Waals surface area contributed by atoms with Gasteiger partial charge in [0.05, 0.1) is 12.2 Å². The number of thiazole rings is 1. The van der Waals surface area contributed by atoms with Crippen LogP contribution in [-0.4, -0.2) is 43.6 Å². The van der Waals surface area contributed by atoms with E-state index < -0.39 is 0 Å². The fourth-order valence-electron chi connectivity index (χ4n) is 2.20. The van der Waals surface area contributed by atoms with Gasteiger partial charge in [0.25, 0.3) is 0 Å². The van der Waals surface area contributed by atoms with Gasteiger partial charge in [-0.2, -0.15) is 0 Å². The second-order valence-electron chi connectivity index (χ2n) is 7.05. The van der Waals surface area contributed by atoms with Gasteiger partial charge < -0.3 is 15.0 Å². The van der Waals surface area contributed by atoms with Gasteiger partial charge in [-0.05, 0) is 25.2 Å². The first kappa shape index (κ1) is 19.9. The maximum atomic E-state index is 5.31. The molecule has 0 saturated heterocycles. The van der Waals surface area contributed by atoms with Crippen LogP contribution in [0.3, 0.4) is 0 Å². The van der Waals surface area contributed by atoms with Crippen LogP contribution < -0.4 is 5.32 Å². The minimum Gasteiger partial charge on any atom is -0.375 e. The molecule has 0 radical (unpaired) electrons. The van der Waals surface area contributed by atoms with Gasteiger partial charge in [0.1, 0.15) is 11.1 Å². The Bertz CT molecular complexity index is 493. The highest BCUT2D eigenvalue weighted by molar-refractivity contribution is 7.09. The molecule has 0 aliphatic carbocycles. The third-order valence-corrected chi connectivity index (χ3v) is 4.68. The number of aromatic nitrogens is 1. The molecule has 0 aliphatic heterocycles. The normalized spacial score (nSPS) is 14.0. The van der Waals surface area contributed by atoms with E-state index in [1.54, 1.807) is 18.4 Å². The van der Waals surface area contributed by atoms with Crippen LogP contribution in [0.4, 0.5) is 0 Å². The lowest BCUT2D eigenvalue weighted by Gasteiger charge is -2.22. The van der Waals surface area contributed by atoms with Crippen LogP contribution in [0.5, 0.6) is 0 Å². The number of nitrogens with zero attached hydrogens (tertiary/aromatic N) is 3. The molecule has 1 atom stereocenters. The van der Waals surface area contributed by atoms with E-state index in [0.29, 0.717) is 5.41 Å². The van der Waals surface area contributed by atoms with Crippen LogP contribution in [0, 0.1) is 5.41 Å². The second-order valence-corrected chi connectivity index (χ2v) is 7.94. The first-order chi connectivity index (χ1) is 10.8. The Hall–Kier alpha value is -1.14. The van der Waals surface area contributed by atoms with Crippen molar-refractivity contribution in [2.75, 3.05) is 27.7 Å². The van der Waals surface area contributed by atoms with Crippen LogP contribution in [0.15, 0.2) is 10.4 Å². The van der Waals surface area contributed by atoms with E-state index >= 15 is 0 Å². The molecule has 0 saturated carbocycles. The Kier molecular flexibility index (Phi) is 7.99. The molecular weight excluding hydrogens is 308 g/mol. The van der Waals surface area contributed by atoms with Crippen molar-refractivity contribution in [3.8, 4) is 0 Å². The lowest BCUT2D eigenvalue weighted by Crippen LogP contribution is -2.39. The molecule has 0 fully saturated rings. The fraction of sp³-hybridized carbons (Fsp3) is 0.765. The summed E-state index contributed by atoms with van der Waals surface area (Å²) in [5.41, 5.74) is 1.43. The van der Waals surface area contributed by atoms with Crippen LogP contribution in [0.25, 0.3) is 0 Å². The van der Waals surface area contributed by atoms with Crippen molar-refractivity contribution in [3.05, 3.63) is 16.1 Å². The number of hydrogen-bond acceptors (Lipinski definition) is 4. The van der Waals surface area contributed by atoms with Gasteiger partial charge in [0.15, 0.2) is 5.96 Å². The van der Waals surface area contributed by atoms with Crippen molar-refractivity contribution >= 4 is 17.3 Å². The average Bonchev–Trinajstić information content (AvgIpc) is 2.93. The third-order valence-electron chi connectivity index (χ3n) is 3.63. The van der Waals surface area contributed by atoms with Gasteiger partial charge in [0.2, 0.25) is 0 Å². The first-order valence-electron chi connectivity index (χ1n) is 8.15. The van der Waals surface area contributed by atoms with E-state index in [2.05, 4.69) is 46.3 Å². The summed E-state index contributed by atoms with van der Waals surface area (Å²) >= 11 is 1.64. The van der Waals surface area contributed by atoms with E-state index in [0.717, 1.165) is 36.2 Å². The zero-order valence-corrected chi connectivity index (χ0v) is 16.5. The molecule has 1 rings (SSSR count). The highest BCUT2D eigenvalue weighted by Crippen LogP contribution is 2.21. The highest BCUT2D eigenvalue weighted by Gasteiger charge is 2.13. The molecule has 0 aromatic carbocycles. The van der Waals surface area contributed by atoms with Gasteiger partial charge in [-0.3, -0.25) is 4.99 Å². The van der Waals surface area contributed by atoms with Gasteiger partial charge in [-0.15, -0.1) is 11.3 Å². The van der Waals surface area contributed by atoms with Crippen LogP contribution in [0.2, 0.25) is 0 Å². The summed E-state index contributed by atoms with van der Waals surface area (Å²) in [6.45, 7) is 10.5. The summed E-state index contributed by atoms with van der Waals surface area (Å²) in [5, 5.41) is 6.54. The van der Waals surface area contributed by atoms with Gasteiger partial charge >= 0.3 is 0 Å². The Balaban J connectivity index is 2.47. The quantitative estimate of drug-likeness (QED) is 0.467. The third kappa shape index (κ3) is 7.31. The minimum atomic E-state index is 0.0499. The number of hydrogen-bond donors (Lipinski definition) is 1. The standard InChI is InChI=1S/C17H32N4OS/c1-13(22-7)15-20-14(12-23-15)11-21(6)16(18-5)19-10-8-9-17(2,3)4/h12-13H,8-11H2,1-7H3,(H,18,19). The van der Waals surface area contributed by atoms with Gasteiger partial charge in [-0.25, -0.2) is 4.98 Å². The Labute approximate surface area is 145 Å². The highest BCUT2D eigenvalue weighted by atomic mass is 32.1. The molecule has 0 spiro atoms. The van der Waals surface area contributed by atoms with E-state index in [-0.39, 0.29) is 6.10 Å². The van der Waals surface area contributed by atoms with Gasteiger partial charge in [0, 0.05) is 33.1 Å². The Morgan fingerprint density at radius 3 is 2.74 bits per heavy atom. The smallest absolute Gasteiger partial charge is 0.193 e. The SMILES string of the molecule is CN=C(NCCCC(C)(C)C)N(C)Cc1csc(C(C)OC)n1. The van der Waals surface area contributed by atoms with E-state index in [4.69, 9.17) is 4.74 Å². The molecule has 1 aromatic heterocycles. The number of ether oxygens (including phenoxy) is 1. The predicted octanol–water partition coefficient (Wildman–Crippen LogP) is 3.68. The molecule has 1 unspecified atom stereocenters. The predicted molar refractivity (Wildman–Crippen MR) is 99.1 cm³/mol. The van der Waals surface area contributed by atoms with Crippen molar-refractivity contribution in [1.29, 1.82) is 0 Å². The van der Waals surface area contributed by atoms with E-state index in [1.165, 1.54) is 6.42 Å². The molecule has 1 N–H and O–H groups in total. The largest absolute Gasteiger partial charge is 0.375 e. The average molecular weight is 341 g/mol. The summed E-state index contributed by atoms with van der Waals surface area (Å²) in [4.78, 5) is 11.1. The van der Waals surface area contributed by atoms with Crippen molar-refractivity contribution in [1.82, 2.24) is 15.2 Å². The summed E-state index contributed by atoms with van der Waals surface area (Å²) in [6, 6.07) is 0. The molecule has 0 aliphatic rings. The lowest BCUT2D eigenvalue weighted by molar-refractivity contribution is 0.119.